The lowest BCUT2D eigenvalue weighted by atomic mass is 9.85. The summed E-state index contributed by atoms with van der Waals surface area (Å²) in [7, 11) is 3.09. The molecule has 192 valence electrons. The molecular formula is C31H33NO5. The van der Waals surface area contributed by atoms with Gasteiger partial charge >= 0.3 is 0 Å². The summed E-state index contributed by atoms with van der Waals surface area (Å²) < 4.78 is 10.9. The molecule has 1 unspecified atom stereocenters. The number of anilines is 1. The first-order chi connectivity index (χ1) is 17.5. The predicted octanol–water partition coefficient (Wildman–Crippen LogP) is 6.24. The lowest BCUT2D eigenvalue weighted by molar-refractivity contribution is -0.132. The third kappa shape index (κ3) is 4.84. The maximum Gasteiger partial charge on any atom is 0.300 e. The number of carbonyl (C=O) groups excluding carboxylic acids is 2. The Morgan fingerprint density at radius 1 is 0.865 bits per heavy atom. The Morgan fingerprint density at radius 3 is 2.03 bits per heavy atom. The molecule has 3 aromatic rings. The van der Waals surface area contributed by atoms with Gasteiger partial charge in [0.1, 0.15) is 17.3 Å². The van der Waals surface area contributed by atoms with E-state index in [1.54, 1.807) is 37.4 Å². The van der Waals surface area contributed by atoms with Crippen LogP contribution in [-0.4, -0.2) is 31.0 Å². The van der Waals surface area contributed by atoms with Gasteiger partial charge in [-0.1, -0.05) is 45.0 Å². The van der Waals surface area contributed by atoms with Crippen molar-refractivity contribution in [3.05, 3.63) is 94.1 Å². The van der Waals surface area contributed by atoms with Crippen molar-refractivity contribution in [2.75, 3.05) is 19.1 Å². The number of carbonyl (C=O) groups is 2. The monoisotopic (exact) mass is 499 g/mol. The summed E-state index contributed by atoms with van der Waals surface area (Å²) in [5, 5.41) is 11.7. The molecule has 37 heavy (non-hydrogen) atoms. The molecule has 1 heterocycles. The fourth-order valence-corrected chi connectivity index (χ4v) is 4.79. The summed E-state index contributed by atoms with van der Waals surface area (Å²) >= 11 is 0. The van der Waals surface area contributed by atoms with Crippen LogP contribution in [0.2, 0.25) is 0 Å². The number of ketones is 1. The van der Waals surface area contributed by atoms with Gasteiger partial charge in [-0.2, -0.15) is 0 Å². The van der Waals surface area contributed by atoms with Crippen molar-refractivity contribution in [1.29, 1.82) is 0 Å². The summed E-state index contributed by atoms with van der Waals surface area (Å²) in [6.07, 6.45) is 0. The third-order valence-electron chi connectivity index (χ3n) is 6.68. The van der Waals surface area contributed by atoms with Gasteiger partial charge < -0.3 is 14.6 Å². The van der Waals surface area contributed by atoms with Crippen LogP contribution in [0.25, 0.3) is 5.76 Å². The number of aliphatic hydroxyl groups is 1. The van der Waals surface area contributed by atoms with E-state index >= 15 is 0 Å². The van der Waals surface area contributed by atoms with Gasteiger partial charge in [-0.25, -0.2) is 0 Å². The molecule has 0 saturated carbocycles. The Labute approximate surface area is 218 Å². The van der Waals surface area contributed by atoms with E-state index in [0.29, 0.717) is 28.3 Å². The van der Waals surface area contributed by atoms with Crippen molar-refractivity contribution >= 4 is 23.1 Å². The molecule has 1 N–H and O–H groups in total. The second-order valence-electron chi connectivity index (χ2n) is 10.5. The number of nitrogens with zero attached hydrogens (tertiary/aromatic N) is 1. The summed E-state index contributed by atoms with van der Waals surface area (Å²) in [5.74, 6) is -0.656. The molecular weight excluding hydrogens is 466 g/mol. The fourth-order valence-electron chi connectivity index (χ4n) is 4.79. The van der Waals surface area contributed by atoms with Crippen molar-refractivity contribution < 1.29 is 24.2 Å². The number of Topliss-reactive ketones (excluding diaryl/α,β-unsaturated/α-hetero) is 1. The van der Waals surface area contributed by atoms with Gasteiger partial charge in [-0.15, -0.1) is 0 Å². The number of rotatable bonds is 5. The van der Waals surface area contributed by atoms with Gasteiger partial charge in [0.25, 0.3) is 11.7 Å². The summed E-state index contributed by atoms with van der Waals surface area (Å²) in [6.45, 7) is 10.1. The maximum atomic E-state index is 13.6. The van der Waals surface area contributed by atoms with Gasteiger partial charge in [0, 0.05) is 5.69 Å². The molecule has 1 atom stereocenters. The fraction of sp³-hybridized carbons (Fsp3) is 0.290. The van der Waals surface area contributed by atoms with Crippen LogP contribution in [0, 0.1) is 13.8 Å². The van der Waals surface area contributed by atoms with Crippen molar-refractivity contribution in [3.63, 3.8) is 0 Å². The van der Waals surface area contributed by atoms with Gasteiger partial charge in [-0.05, 0) is 77.9 Å². The Kier molecular flexibility index (Phi) is 6.87. The van der Waals surface area contributed by atoms with Gasteiger partial charge in [0.05, 0.1) is 31.4 Å². The van der Waals surface area contributed by atoms with Gasteiger partial charge in [0.2, 0.25) is 0 Å². The molecule has 0 spiro atoms. The SMILES string of the molecule is COc1ccc(C2/C(=C(\O)c3cc(C(C)(C)C)ccc3OC)C(=O)C(=O)N2c2cc(C)cc(C)c2)cc1. The van der Waals surface area contributed by atoms with Crippen LogP contribution in [-0.2, 0) is 15.0 Å². The van der Waals surface area contributed by atoms with E-state index in [2.05, 4.69) is 20.8 Å². The van der Waals surface area contributed by atoms with Crippen LogP contribution < -0.4 is 14.4 Å². The van der Waals surface area contributed by atoms with E-state index in [1.807, 2.05) is 44.2 Å². The van der Waals surface area contributed by atoms with E-state index in [9.17, 15) is 14.7 Å². The Bertz CT molecular complexity index is 1380. The predicted molar refractivity (Wildman–Crippen MR) is 145 cm³/mol. The zero-order valence-electron chi connectivity index (χ0n) is 22.4. The molecule has 1 amide bonds. The van der Waals surface area contributed by atoms with Crippen molar-refractivity contribution in [2.45, 2.75) is 46.1 Å². The molecule has 1 saturated heterocycles. The van der Waals surface area contributed by atoms with Crippen LogP contribution in [0.3, 0.4) is 0 Å². The van der Waals surface area contributed by atoms with Crippen LogP contribution in [0.5, 0.6) is 11.5 Å². The smallest absolute Gasteiger partial charge is 0.300 e. The average Bonchev–Trinajstić information content (AvgIpc) is 3.12. The lowest BCUT2D eigenvalue weighted by Crippen LogP contribution is -2.29. The Balaban J connectivity index is 2.01. The summed E-state index contributed by atoms with van der Waals surface area (Å²) in [6, 6.07) is 17.6. The minimum atomic E-state index is -0.838. The molecule has 1 aliphatic heterocycles. The average molecular weight is 500 g/mol. The topological polar surface area (TPSA) is 76.1 Å². The Hall–Kier alpha value is -4.06. The number of hydrogen-bond donors (Lipinski definition) is 1. The molecule has 6 nitrogen and oxygen atoms in total. The minimum absolute atomic E-state index is 0.0127. The summed E-state index contributed by atoms with van der Waals surface area (Å²) in [5.41, 5.74) is 4.32. The molecule has 1 aliphatic rings. The number of benzene rings is 3. The highest BCUT2D eigenvalue weighted by Gasteiger charge is 2.47. The van der Waals surface area contributed by atoms with Crippen molar-refractivity contribution in [1.82, 2.24) is 0 Å². The number of amides is 1. The second-order valence-corrected chi connectivity index (χ2v) is 10.5. The van der Waals surface area contributed by atoms with Crippen molar-refractivity contribution in [2.24, 2.45) is 0 Å². The van der Waals surface area contributed by atoms with E-state index in [-0.39, 0.29) is 16.7 Å². The molecule has 4 rings (SSSR count). The number of aryl methyl sites for hydroxylation is 2. The maximum absolute atomic E-state index is 13.6. The number of aliphatic hydroxyl groups excluding tert-OH is 1. The largest absolute Gasteiger partial charge is 0.507 e. The van der Waals surface area contributed by atoms with E-state index in [1.165, 1.54) is 12.0 Å². The third-order valence-corrected chi connectivity index (χ3v) is 6.68. The van der Waals surface area contributed by atoms with Crippen LogP contribution in [0.4, 0.5) is 5.69 Å². The van der Waals surface area contributed by atoms with Gasteiger partial charge in [-0.3, -0.25) is 14.5 Å². The van der Waals surface area contributed by atoms with Crippen LogP contribution >= 0.6 is 0 Å². The highest BCUT2D eigenvalue weighted by atomic mass is 16.5. The van der Waals surface area contributed by atoms with Crippen LogP contribution in [0.15, 0.2) is 66.2 Å². The molecule has 0 bridgehead atoms. The number of methoxy groups -OCH3 is 2. The number of hydrogen-bond acceptors (Lipinski definition) is 5. The first-order valence-electron chi connectivity index (χ1n) is 12.2. The van der Waals surface area contributed by atoms with E-state index in [4.69, 9.17) is 9.47 Å². The Morgan fingerprint density at radius 2 is 1.49 bits per heavy atom. The molecule has 3 aromatic carbocycles. The zero-order chi connectivity index (χ0) is 27.1. The standard InChI is InChI=1S/C31H33NO5/c1-18-14-19(2)16-22(15-18)32-27(20-8-11-23(36-6)12-9-20)26(29(34)30(32)35)28(33)24-17-21(31(3,4)5)10-13-25(24)37-7/h8-17,27,33H,1-7H3/b28-26+. The molecule has 0 aliphatic carbocycles. The summed E-state index contributed by atoms with van der Waals surface area (Å²) in [4.78, 5) is 28.6. The van der Waals surface area contributed by atoms with Gasteiger partial charge in [0.15, 0.2) is 0 Å². The molecule has 1 fully saturated rings. The first kappa shape index (κ1) is 26.0. The molecule has 0 aromatic heterocycles. The van der Waals surface area contributed by atoms with E-state index < -0.39 is 17.7 Å². The second kappa shape index (κ2) is 9.77. The highest BCUT2D eigenvalue weighted by Crippen LogP contribution is 2.44. The highest BCUT2D eigenvalue weighted by molar-refractivity contribution is 6.51. The number of ether oxygens (including phenoxy) is 2. The van der Waals surface area contributed by atoms with E-state index in [0.717, 1.165) is 16.7 Å². The van der Waals surface area contributed by atoms with Crippen LogP contribution in [0.1, 0.15) is 54.6 Å². The molecule has 0 radical (unpaired) electrons. The molecule has 6 heteroatoms. The lowest BCUT2D eigenvalue weighted by Gasteiger charge is -2.26. The zero-order valence-corrected chi connectivity index (χ0v) is 22.4. The normalized spacial score (nSPS) is 17.3. The quantitative estimate of drug-likeness (QED) is 0.255. The minimum Gasteiger partial charge on any atom is -0.507 e. The van der Waals surface area contributed by atoms with Crippen molar-refractivity contribution in [3.8, 4) is 11.5 Å². The first-order valence-corrected chi connectivity index (χ1v) is 12.2.